The quantitative estimate of drug-likeness (QED) is 0.255. The average Bonchev–Trinajstić information content (AvgIpc) is 1.25. The Morgan fingerprint density at radius 2 is 1.25 bits per heavy atom. The highest BCUT2D eigenvalue weighted by molar-refractivity contribution is 8.00. The maximum atomic E-state index is 8.31. The van der Waals surface area contributed by atoms with Gasteiger partial charge in [0.05, 0.1) is 0 Å². The summed E-state index contributed by atoms with van der Waals surface area (Å²) in [5.74, 6) is -2.83. The Balaban J connectivity index is 4.02. The average molecular weight is 156 g/mol. The second-order valence-electron chi connectivity index (χ2n) is 1.66. The summed E-state index contributed by atoms with van der Waals surface area (Å²) < 4.78 is -1.51. The topological polar surface area (TPSA) is 60.7 Å². The van der Waals surface area contributed by atoms with E-state index >= 15 is 0 Å². The third-order valence-corrected chi connectivity index (χ3v) is 1.24. The summed E-state index contributed by atoms with van der Waals surface area (Å²) in [4.78, 5) is 0. The van der Waals surface area contributed by atoms with Crippen LogP contribution >= 0.6 is 25.3 Å². The van der Waals surface area contributed by atoms with Gasteiger partial charge in [-0.2, -0.15) is 25.3 Å². The van der Waals surface area contributed by atoms with Crippen molar-refractivity contribution >= 4 is 25.3 Å². The summed E-state index contributed by atoms with van der Waals surface area (Å²) in [7, 11) is 0. The van der Waals surface area contributed by atoms with E-state index < -0.39 is 10.1 Å². The predicted octanol–water partition coefficient (Wildman–Crippen LogP) is -0.807. The molecule has 0 saturated carbocycles. The van der Waals surface area contributed by atoms with E-state index in [-0.39, 0.29) is 0 Å². The molecule has 0 aromatic carbocycles. The van der Waals surface area contributed by atoms with Gasteiger partial charge in [0.1, 0.15) is 4.08 Å². The van der Waals surface area contributed by atoms with Crippen molar-refractivity contribution < 1.29 is 15.3 Å². The van der Waals surface area contributed by atoms with Crippen LogP contribution in [0, 0.1) is 0 Å². The lowest BCUT2D eigenvalue weighted by atomic mass is 10.4. The first kappa shape index (κ1) is 8.58. The molecule has 5 heteroatoms. The molecule has 0 spiro atoms. The van der Waals surface area contributed by atoms with Crippen LogP contribution in [0.4, 0.5) is 0 Å². The maximum absolute atomic E-state index is 8.31. The van der Waals surface area contributed by atoms with Crippen LogP contribution in [0.3, 0.4) is 0 Å². The van der Waals surface area contributed by atoms with E-state index in [9.17, 15) is 0 Å². The van der Waals surface area contributed by atoms with Crippen LogP contribution in [-0.4, -0.2) is 25.4 Å². The van der Waals surface area contributed by atoms with Crippen molar-refractivity contribution in [3.05, 3.63) is 0 Å². The van der Waals surface area contributed by atoms with Gasteiger partial charge in [-0.3, -0.25) is 0 Å². The molecule has 0 aliphatic rings. The van der Waals surface area contributed by atoms with Gasteiger partial charge in [-0.05, 0) is 6.92 Å². The number of hydrogen-bond donors (Lipinski definition) is 5. The van der Waals surface area contributed by atoms with Gasteiger partial charge in [-0.1, -0.05) is 0 Å². The highest BCUT2D eigenvalue weighted by Crippen LogP contribution is 2.27. The summed E-state index contributed by atoms with van der Waals surface area (Å²) >= 11 is 7.10. The van der Waals surface area contributed by atoms with Gasteiger partial charge in [0.2, 0.25) is 0 Å². The second kappa shape index (κ2) is 2.07. The minimum Gasteiger partial charge on any atom is -0.342 e. The van der Waals surface area contributed by atoms with Crippen LogP contribution in [-0.2, 0) is 0 Å². The molecule has 0 rings (SSSR count). The first-order valence-electron chi connectivity index (χ1n) is 1.87. The normalized spacial score (nSPS) is 14.2. The summed E-state index contributed by atoms with van der Waals surface area (Å²) in [6.07, 6.45) is 0. The van der Waals surface area contributed by atoms with E-state index in [1.807, 2.05) is 0 Å². The molecule has 0 amide bonds. The Hall–Kier alpha value is 0.580. The molecular weight excluding hydrogens is 148 g/mol. The molecule has 0 fully saturated rings. The summed E-state index contributed by atoms with van der Waals surface area (Å²) in [6, 6.07) is 0. The van der Waals surface area contributed by atoms with E-state index in [0.717, 1.165) is 0 Å². The molecule has 50 valence electrons. The Bertz CT molecular complexity index is 67.5. The SMILES string of the molecule is CC(S)(S)C(O)(O)O. The Morgan fingerprint density at radius 1 is 1.12 bits per heavy atom. The Labute approximate surface area is 58.2 Å². The molecule has 3 nitrogen and oxygen atoms in total. The number of rotatable bonds is 1. The molecular formula is C3H8O3S2. The van der Waals surface area contributed by atoms with E-state index in [0.29, 0.717) is 0 Å². The van der Waals surface area contributed by atoms with Gasteiger partial charge in [0, 0.05) is 0 Å². The fourth-order valence-electron chi connectivity index (χ4n) is 0. The number of aliphatic hydroxyl groups is 3. The molecule has 0 heterocycles. The van der Waals surface area contributed by atoms with Crippen LogP contribution in [0.1, 0.15) is 6.92 Å². The molecule has 0 aliphatic heterocycles. The molecule has 0 aromatic rings. The summed E-state index contributed by atoms with van der Waals surface area (Å²) in [5.41, 5.74) is 0. The molecule has 0 aromatic heterocycles. The lowest BCUT2D eigenvalue weighted by molar-refractivity contribution is -0.313. The molecule has 0 bridgehead atoms. The van der Waals surface area contributed by atoms with Crippen molar-refractivity contribution in [3.63, 3.8) is 0 Å². The van der Waals surface area contributed by atoms with Gasteiger partial charge in [-0.25, -0.2) is 0 Å². The van der Waals surface area contributed by atoms with Crippen LogP contribution in [0.2, 0.25) is 0 Å². The highest BCUT2D eigenvalue weighted by atomic mass is 32.2. The first-order valence-corrected chi connectivity index (χ1v) is 2.76. The summed E-state index contributed by atoms with van der Waals surface area (Å²) in [6.45, 7) is 1.25. The van der Waals surface area contributed by atoms with Crippen molar-refractivity contribution in [2.45, 2.75) is 17.0 Å². The second-order valence-corrected chi connectivity index (χ2v) is 3.80. The predicted molar refractivity (Wildman–Crippen MR) is 35.8 cm³/mol. The van der Waals surface area contributed by atoms with E-state index in [2.05, 4.69) is 25.3 Å². The van der Waals surface area contributed by atoms with Crippen molar-refractivity contribution in [3.8, 4) is 0 Å². The van der Waals surface area contributed by atoms with Crippen molar-refractivity contribution in [1.82, 2.24) is 0 Å². The Morgan fingerprint density at radius 3 is 1.25 bits per heavy atom. The minimum atomic E-state index is -2.83. The lowest BCUT2D eigenvalue weighted by Gasteiger charge is -2.26. The minimum absolute atomic E-state index is 1.25. The molecule has 0 atom stereocenters. The van der Waals surface area contributed by atoms with Crippen molar-refractivity contribution in [1.29, 1.82) is 0 Å². The molecule has 0 saturated heterocycles. The zero-order valence-corrected chi connectivity index (χ0v) is 6.02. The number of thiol groups is 2. The molecule has 0 aliphatic carbocycles. The van der Waals surface area contributed by atoms with E-state index in [4.69, 9.17) is 15.3 Å². The zero-order valence-electron chi connectivity index (χ0n) is 4.24. The third-order valence-electron chi connectivity index (χ3n) is 0.635. The van der Waals surface area contributed by atoms with Crippen molar-refractivity contribution in [2.75, 3.05) is 0 Å². The zero-order chi connectivity index (χ0) is 7.00. The lowest BCUT2D eigenvalue weighted by Crippen LogP contribution is -2.44. The molecule has 8 heavy (non-hydrogen) atoms. The molecule has 3 N–H and O–H groups in total. The van der Waals surface area contributed by atoms with Gasteiger partial charge >= 0.3 is 0 Å². The van der Waals surface area contributed by atoms with Gasteiger partial charge in [0.15, 0.2) is 0 Å². The monoisotopic (exact) mass is 156 g/mol. The third kappa shape index (κ3) is 2.23. The van der Waals surface area contributed by atoms with Gasteiger partial charge in [0.25, 0.3) is 5.97 Å². The van der Waals surface area contributed by atoms with E-state index in [1.165, 1.54) is 6.92 Å². The van der Waals surface area contributed by atoms with Crippen LogP contribution in [0.5, 0.6) is 0 Å². The van der Waals surface area contributed by atoms with Crippen LogP contribution < -0.4 is 0 Å². The fraction of sp³-hybridized carbons (Fsp3) is 1.00. The van der Waals surface area contributed by atoms with Crippen LogP contribution in [0.15, 0.2) is 0 Å². The van der Waals surface area contributed by atoms with E-state index in [1.54, 1.807) is 0 Å². The fourth-order valence-corrected chi connectivity index (χ4v) is 0. The van der Waals surface area contributed by atoms with Crippen molar-refractivity contribution in [2.24, 2.45) is 0 Å². The molecule has 0 radical (unpaired) electrons. The smallest absolute Gasteiger partial charge is 0.299 e. The first-order chi connectivity index (χ1) is 3.25. The number of hydrogen-bond acceptors (Lipinski definition) is 5. The Kier molecular flexibility index (Phi) is 2.22. The van der Waals surface area contributed by atoms with Gasteiger partial charge < -0.3 is 15.3 Å². The maximum Gasteiger partial charge on any atom is 0.299 e. The summed E-state index contributed by atoms with van der Waals surface area (Å²) in [5, 5.41) is 24.9. The largest absolute Gasteiger partial charge is 0.342 e. The van der Waals surface area contributed by atoms with Crippen LogP contribution in [0.25, 0.3) is 0 Å². The van der Waals surface area contributed by atoms with Gasteiger partial charge in [-0.15, -0.1) is 0 Å². The highest BCUT2D eigenvalue weighted by Gasteiger charge is 2.38. The molecule has 0 unspecified atom stereocenters. The standard InChI is InChI=1S/C3H8O3S2/c1-2(7,8)3(4,5)6/h4-8H,1H3.